The topological polar surface area (TPSA) is 58.2 Å². The molecule has 0 spiro atoms. The Morgan fingerprint density at radius 3 is 2.12 bits per heavy atom. The molecule has 3 rings (SSSR count). The van der Waals surface area contributed by atoms with E-state index in [1.807, 2.05) is 56.3 Å². The number of carbonyl (C=O) groups excluding carboxylic acids is 2. The molecule has 26 heavy (non-hydrogen) atoms. The molecule has 0 fully saturated rings. The second-order valence-corrected chi connectivity index (χ2v) is 6.19. The molecular formula is C22H20N2O2. The summed E-state index contributed by atoms with van der Waals surface area (Å²) in [6, 6.07) is 21.9. The van der Waals surface area contributed by atoms with E-state index in [9.17, 15) is 9.59 Å². The molecule has 0 radical (unpaired) electrons. The van der Waals surface area contributed by atoms with Gasteiger partial charge in [-0.05, 0) is 55.8 Å². The SMILES string of the molecule is Cc1cccc(NC(=O)c2ccccc2NC(=O)c2cccc(C)c2)c1. The zero-order valence-corrected chi connectivity index (χ0v) is 14.7. The van der Waals surface area contributed by atoms with Crippen LogP contribution in [0.3, 0.4) is 0 Å². The van der Waals surface area contributed by atoms with Crippen LogP contribution in [0, 0.1) is 13.8 Å². The number of hydrogen-bond acceptors (Lipinski definition) is 2. The van der Waals surface area contributed by atoms with Gasteiger partial charge in [-0.2, -0.15) is 0 Å². The van der Waals surface area contributed by atoms with Crippen molar-refractivity contribution in [3.8, 4) is 0 Å². The Kier molecular flexibility index (Phi) is 5.13. The molecule has 0 saturated carbocycles. The van der Waals surface area contributed by atoms with Crippen molar-refractivity contribution in [2.45, 2.75) is 13.8 Å². The standard InChI is InChI=1S/C22H20N2O2/c1-15-7-5-9-17(13-15)21(25)24-20-12-4-3-11-19(20)22(26)23-18-10-6-8-16(2)14-18/h3-14H,1-2H3,(H,23,26)(H,24,25). The summed E-state index contributed by atoms with van der Waals surface area (Å²) in [4.78, 5) is 25.2. The lowest BCUT2D eigenvalue weighted by Crippen LogP contribution is -2.18. The molecular weight excluding hydrogens is 324 g/mol. The zero-order valence-electron chi connectivity index (χ0n) is 14.7. The molecule has 0 aliphatic rings. The molecule has 0 heterocycles. The quantitative estimate of drug-likeness (QED) is 0.714. The Labute approximate surface area is 152 Å². The Morgan fingerprint density at radius 2 is 1.38 bits per heavy atom. The molecule has 3 aromatic carbocycles. The summed E-state index contributed by atoms with van der Waals surface area (Å²) >= 11 is 0. The van der Waals surface area contributed by atoms with Gasteiger partial charge in [0.15, 0.2) is 0 Å². The lowest BCUT2D eigenvalue weighted by molar-refractivity contribution is 0.102. The maximum Gasteiger partial charge on any atom is 0.257 e. The highest BCUT2D eigenvalue weighted by Crippen LogP contribution is 2.19. The van der Waals surface area contributed by atoms with Crippen molar-refractivity contribution < 1.29 is 9.59 Å². The van der Waals surface area contributed by atoms with E-state index in [2.05, 4.69) is 10.6 Å². The van der Waals surface area contributed by atoms with Crippen LogP contribution in [0.15, 0.2) is 72.8 Å². The fourth-order valence-corrected chi connectivity index (χ4v) is 2.69. The second-order valence-electron chi connectivity index (χ2n) is 6.19. The number of amides is 2. The highest BCUT2D eigenvalue weighted by molar-refractivity contribution is 6.12. The molecule has 2 N–H and O–H groups in total. The second kappa shape index (κ2) is 7.66. The van der Waals surface area contributed by atoms with Gasteiger partial charge in [0.1, 0.15) is 0 Å². The van der Waals surface area contributed by atoms with Gasteiger partial charge in [0.2, 0.25) is 0 Å². The van der Waals surface area contributed by atoms with Gasteiger partial charge in [-0.1, -0.05) is 42.0 Å². The molecule has 4 nitrogen and oxygen atoms in total. The molecule has 130 valence electrons. The summed E-state index contributed by atoms with van der Waals surface area (Å²) in [6.07, 6.45) is 0. The van der Waals surface area contributed by atoms with Crippen LogP contribution >= 0.6 is 0 Å². The van der Waals surface area contributed by atoms with Crippen molar-refractivity contribution in [3.05, 3.63) is 95.1 Å². The molecule has 0 aromatic heterocycles. The van der Waals surface area contributed by atoms with Gasteiger partial charge in [0.25, 0.3) is 11.8 Å². The highest BCUT2D eigenvalue weighted by atomic mass is 16.2. The van der Waals surface area contributed by atoms with Gasteiger partial charge in [-0.25, -0.2) is 0 Å². The van der Waals surface area contributed by atoms with E-state index in [1.165, 1.54) is 0 Å². The number of aryl methyl sites for hydroxylation is 2. The van der Waals surface area contributed by atoms with E-state index in [4.69, 9.17) is 0 Å². The first-order valence-electron chi connectivity index (χ1n) is 8.38. The van der Waals surface area contributed by atoms with E-state index in [0.29, 0.717) is 16.8 Å². The van der Waals surface area contributed by atoms with Gasteiger partial charge in [0.05, 0.1) is 11.3 Å². The number of anilines is 2. The Morgan fingerprint density at radius 1 is 0.692 bits per heavy atom. The molecule has 0 aliphatic carbocycles. The summed E-state index contributed by atoms with van der Waals surface area (Å²) in [5.41, 5.74) is 4.22. The largest absolute Gasteiger partial charge is 0.322 e. The summed E-state index contributed by atoms with van der Waals surface area (Å²) in [7, 11) is 0. The average molecular weight is 344 g/mol. The van der Waals surface area contributed by atoms with Crippen molar-refractivity contribution in [3.63, 3.8) is 0 Å². The van der Waals surface area contributed by atoms with Gasteiger partial charge < -0.3 is 10.6 Å². The Balaban J connectivity index is 1.81. The van der Waals surface area contributed by atoms with E-state index in [0.717, 1.165) is 16.8 Å². The number of benzene rings is 3. The maximum absolute atomic E-state index is 12.7. The summed E-state index contributed by atoms with van der Waals surface area (Å²) in [6.45, 7) is 3.89. The number of carbonyl (C=O) groups is 2. The molecule has 0 unspecified atom stereocenters. The van der Waals surface area contributed by atoms with Crippen molar-refractivity contribution in [2.24, 2.45) is 0 Å². The van der Waals surface area contributed by atoms with E-state index < -0.39 is 0 Å². The molecule has 0 saturated heterocycles. The van der Waals surface area contributed by atoms with Crippen LogP contribution < -0.4 is 10.6 Å². The number of nitrogens with one attached hydrogen (secondary N) is 2. The minimum atomic E-state index is -0.268. The molecule has 0 atom stereocenters. The zero-order chi connectivity index (χ0) is 18.5. The van der Waals surface area contributed by atoms with Gasteiger partial charge in [-0.15, -0.1) is 0 Å². The van der Waals surface area contributed by atoms with Crippen LogP contribution in [0.1, 0.15) is 31.8 Å². The van der Waals surface area contributed by atoms with Crippen LogP contribution in [0.2, 0.25) is 0 Å². The van der Waals surface area contributed by atoms with Crippen molar-refractivity contribution >= 4 is 23.2 Å². The van der Waals surface area contributed by atoms with Crippen LogP contribution in [-0.2, 0) is 0 Å². The van der Waals surface area contributed by atoms with E-state index >= 15 is 0 Å². The minimum Gasteiger partial charge on any atom is -0.322 e. The fourth-order valence-electron chi connectivity index (χ4n) is 2.69. The molecule has 2 amide bonds. The normalized spacial score (nSPS) is 10.2. The Hall–Kier alpha value is -3.40. The fraction of sp³-hybridized carbons (Fsp3) is 0.0909. The highest BCUT2D eigenvalue weighted by Gasteiger charge is 2.14. The first kappa shape index (κ1) is 17.4. The maximum atomic E-state index is 12.7. The summed E-state index contributed by atoms with van der Waals surface area (Å²) < 4.78 is 0. The third-order valence-electron chi connectivity index (χ3n) is 3.98. The number of rotatable bonds is 4. The predicted molar refractivity (Wildman–Crippen MR) is 105 cm³/mol. The van der Waals surface area contributed by atoms with Crippen molar-refractivity contribution in [1.29, 1.82) is 0 Å². The number of hydrogen-bond donors (Lipinski definition) is 2. The lowest BCUT2D eigenvalue weighted by atomic mass is 10.1. The van der Waals surface area contributed by atoms with E-state index in [1.54, 1.807) is 30.3 Å². The predicted octanol–water partition coefficient (Wildman–Crippen LogP) is 4.81. The number of para-hydroxylation sites is 1. The van der Waals surface area contributed by atoms with Crippen LogP contribution in [0.25, 0.3) is 0 Å². The van der Waals surface area contributed by atoms with Crippen molar-refractivity contribution in [1.82, 2.24) is 0 Å². The molecule has 0 bridgehead atoms. The van der Waals surface area contributed by atoms with Gasteiger partial charge >= 0.3 is 0 Å². The first-order valence-corrected chi connectivity index (χ1v) is 8.38. The van der Waals surface area contributed by atoms with Crippen LogP contribution in [-0.4, -0.2) is 11.8 Å². The van der Waals surface area contributed by atoms with Crippen molar-refractivity contribution in [2.75, 3.05) is 10.6 Å². The van der Waals surface area contributed by atoms with E-state index in [-0.39, 0.29) is 11.8 Å². The van der Waals surface area contributed by atoms with Gasteiger partial charge in [0, 0.05) is 11.3 Å². The average Bonchev–Trinajstić information content (AvgIpc) is 2.62. The summed E-state index contributed by atoms with van der Waals surface area (Å²) in [5, 5.41) is 5.70. The minimum absolute atomic E-state index is 0.246. The summed E-state index contributed by atoms with van der Waals surface area (Å²) in [5.74, 6) is -0.514. The molecule has 3 aromatic rings. The van der Waals surface area contributed by atoms with Crippen LogP contribution in [0.4, 0.5) is 11.4 Å². The lowest BCUT2D eigenvalue weighted by Gasteiger charge is -2.12. The third kappa shape index (κ3) is 4.16. The first-order chi connectivity index (χ1) is 12.5. The van der Waals surface area contributed by atoms with Gasteiger partial charge in [-0.3, -0.25) is 9.59 Å². The third-order valence-corrected chi connectivity index (χ3v) is 3.98. The van der Waals surface area contributed by atoms with Crippen LogP contribution in [0.5, 0.6) is 0 Å². The molecule has 4 heteroatoms. The smallest absolute Gasteiger partial charge is 0.257 e. The monoisotopic (exact) mass is 344 g/mol. The molecule has 0 aliphatic heterocycles. The Bertz CT molecular complexity index is 964.